The van der Waals surface area contributed by atoms with Gasteiger partial charge in [0.25, 0.3) is 0 Å². The second-order valence-electron chi connectivity index (χ2n) is 10.00. The number of hydrogen-bond acceptors (Lipinski definition) is 3. The van der Waals surface area contributed by atoms with Crippen molar-refractivity contribution >= 4 is 28.3 Å². The first-order valence-electron chi connectivity index (χ1n) is 11.8. The zero-order chi connectivity index (χ0) is 21.5. The van der Waals surface area contributed by atoms with E-state index in [4.69, 9.17) is 16.3 Å². The van der Waals surface area contributed by atoms with Crippen molar-refractivity contribution in [3.63, 3.8) is 0 Å². The largest absolute Gasteiger partial charge is 0.489 e. The zero-order valence-corrected chi connectivity index (χ0v) is 19.0. The van der Waals surface area contributed by atoms with Crippen LogP contribution in [0.25, 0.3) is 10.8 Å². The van der Waals surface area contributed by atoms with Crippen molar-refractivity contribution in [1.82, 2.24) is 4.90 Å². The Balaban J connectivity index is 1.34. The van der Waals surface area contributed by atoms with Crippen molar-refractivity contribution in [2.75, 3.05) is 0 Å². The summed E-state index contributed by atoms with van der Waals surface area (Å²) in [5, 5.41) is 12.3. The fraction of sp³-hybridized carbons (Fsp3) is 0.577. The molecule has 2 aliphatic heterocycles. The highest BCUT2D eigenvalue weighted by Crippen LogP contribution is 2.41. The summed E-state index contributed by atoms with van der Waals surface area (Å²) in [6, 6.07) is 11.4. The number of nitrogens with zero attached hydrogens (tertiary/aromatic N) is 1. The van der Waals surface area contributed by atoms with E-state index < -0.39 is 5.97 Å². The van der Waals surface area contributed by atoms with Crippen LogP contribution in [0.15, 0.2) is 30.3 Å². The fourth-order valence-corrected chi connectivity index (χ4v) is 6.24. The summed E-state index contributed by atoms with van der Waals surface area (Å²) in [4.78, 5) is 14.0. The van der Waals surface area contributed by atoms with Crippen LogP contribution in [0, 0.1) is 11.8 Å². The highest BCUT2D eigenvalue weighted by Gasteiger charge is 2.42. The Labute approximate surface area is 189 Å². The molecule has 4 nitrogen and oxygen atoms in total. The molecule has 0 spiro atoms. The molecule has 5 rings (SSSR count). The van der Waals surface area contributed by atoms with E-state index in [9.17, 15) is 9.90 Å². The third-order valence-electron chi connectivity index (χ3n) is 7.84. The third kappa shape index (κ3) is 4.29. The van der Waals surface area contributed by atoms with Crippen molar-refractivity contribution in [2.24, 2.45) is 11.8 Å². The predicted octanol–water partition coefficient (Wildman–Crippen LogP) is 6.28. The van der Waals surface area contributed by atoms with E-state index in [0.29, 0.717) is 17.1 Å². The first-order chi connectivity index (χ1) is 15.0. The molecule has 31 heavy (non-hydrogen) atoms. The van der Waals surface area contributed by atoms with Crippen LogP contribution in [0.3, 0.4) is 0 Å². The van der Waals surface area contributed by atoms with Gasteiger partial charge in [-0.1, -0.05) is 36.7 Å². The minimum absolute atomic E-state index is 0.178. The van der Waals surface area contributed by atoms with Gasteiger partial charge in [-0.05, 0) is 80.4 Å². The lowest BCUT2D eigenvalue weighted by atomic mass is 9.89. The SMILES string of the molecule is CC1CCC(Oc2ccc3ccc(CN4C5CCC4CC(C(=O)O)C5)cc3c2Cl)CC1. The minimum atomic E-state index is -0.631. The lowest BCUT2D eigenvalue weighted by Gasteiger charge is -2.37. The number of aliphatic carboxylic acids is 1. The first-order valence-corrected chi connectivity index (χ1v) is 12.2. The lowest BCUT2D eigenvalue weighted by molar-refractivity contribution is -0.144. The topological polar surface area (TPSA) is 49.8 Å². The molecule has 2 aromatic rings. The molecular formula is C26H32ClNO3. The number of carboxylic acid groups (broad SMARTS) is 1. The lowest BCUT2D eigenvalue weighted by Crippen LogP contribution is -2.44. The van der Waals surface area contributed by atoms with Gasteiger partial charge in [0.05, 0.1) is 17.0 Å². The van der Waals surface area contributed by atoms with Gasteiger partial charge in [-0.3, -0.25) is 9.69 Å². The van der Waals surface area contributed by atoms with E-state index in [0.717, 1.165) is 67.5 Å². The molecule has 1 aliphatic carbocycles. The summed E-state index contributed by atoms with van der Waals surface area (Å²) in [6.07, 6.45) is 8.69. The second kappa shape index (κ2) is 8.63. The van der Waals surface area contributed by atoms with Crippen molar-refractivity contribution in [3.05, 3.63) is 40.9 Å². The molecule has 2 bridgehead atoms. The second-order valence-corrected chi connectivity index (χ2v) is 10.4. The number of benzene rings is 2. The quantitative estimate of drug-likeness (QED) is 0.593. The van der Waals surface area contributed by atoms with Crippen molar-refractivity contribution < 1.29 is 14.6 Å². The predicted molar refractivity (Wildman–Crippen MR) is 124 cm³/mol. The summed E-state index contributed by atoms with van der Waals surface area (Å²) in [6.45, 7) is 3.18. The average molecular weight is 442 g/mol. The molecule has 166 valence electrons. The van der Waals surface area contributed by atoms with Crippen LogP contribution < -0.4 is 4.74 Å². The van der Waals surface area contributed by atoms with Gasteiger partial charge in [-0.25, -0.2) is 0 Å². The smallest absolute Gasteiger partial charge is 0.306 e. The monoisotopic (exact) mass is 441 g/mol. The molecular weight excluding hydrogens is 410 g/mol. The summed E-state index contributed by atoms with van der Waals surface area (Å²) >= 11 is 6.82. The number of carboxylic acids is 1. The maximum Gasteiger partial charge on any atom is 0.306 e. The van der Waals surface area contributed by atoms with E-state index in [1.54, 1.807) is 0 Å². The molecule has 1 N–H and O–H groups in total. The minimum Gasteiger partial charge on any atom is -0.489 e. The van der Waals surface area contributed by atoms with Crippen LogP contribution in [0.5, 0.6) is 5.75 Å². The number of rotatable bonds is 5. The van der Waals surface area contributed by atoms with Crippen molar-refractivity contribution in [3.8, 4) is 5.75 Å². The van der Waals surface area contributed by atoms with E-state index in [-0.39, 0.29) is 12.0 Å². The molecule has 2 unspecified atom stereocenters. The van der Waals surface area contributed by atoms with Crippen LogP contribution in [-0.4, -0.2) is 34.2 Å². The molecule has 2 aromatic carbocycles. The summed E-state index contributed by atoms with van der Waals surface area (Å²) in [7, 11) is 0. The molecule has 2 atom stereocenters. The Morgan fingerprint density at radius 3 is 2.42 bits per heavy atom. The van der Waals surface area contributed by atoms with Gasteiger partial charge in [0, 0.05) is 24.0 Å². The highest BCUT2D eigenvalue weighted by atomic mass is 35.5. The third-order valence-corrected chi connectivity index (χ3v) is 8.23. The normalized spacial score (nSPS) is 31.1. The standard InChI is InChI=1S/C26H32ClNO3/c1-16-2-9-22(10-3-16)31-24-11-6-18-5-4-17(12-23(18)25(24)27)15-28-20-7-8-21(28)14-19(13-20)26(29)30/h4-6,11-12,16,19-22H,2-3,7-10,13-15H2,1H3,(H,29,30). The van der Waals surface area contributed by atoms with E-state index >= 15 is 0 Å². The maximum atomic E-state index is 11.5. The molecule has 3 aliphatic rings. The molecule has 1 saturated carbocycles. The Hall–Kier alpha value is -1.78. The number of carbonyl (C=O) groups is 1. The molecule has 0 radical (unpaired) electrons. The molecule has 2 heterocycles. The van der Waals surface area contributed by atoms with E-state index in [2.05, 4.69) is 36.1 Å². The number of piperidine rings is 1. The molecule has 3 fully saturated rings. The van der Waals surface area contributed by atoms with Crippen molar-refractivity contribution in [1.29, 1.82) is 0 Å². The van der Waals surface area contributed by atoms with Gasteiger partial charge >= 0.3 is 5.97 Å². The van der Waals surface area contributed by atoms with Gasteiger partial charge < -0.3 is 9.84 Å². The number of ether oxygens (including phenoxy) is 1. The zero-order valence-electron chi connectivity index (χ0n) is 18.2. The van der Waals surface area contributed by atoms with E-state index in [1.807, 2.05) is 6.07 Å². The van der Waals surface area contributed by atoms with Crippen LogP contribution in [0.4, 0.5) is 0 Å². The summed E-state index contributed by atoms with van der Waals surface area (Å²) < 4.78 is 6.31. The molecule has 0 aromatic heterocycles. The van der Waals surface area contributed by atoms with Gasteiger partial charge in [-0.2, -0.15) is 0 Å². The molecule has 0 amide bonds. The molecule has 2 saturated heterocycles. The Morgan fingerprint density at radius 2 is 1.74 bits per heavy atom. The van der Waals surface area contributed by atoms with Crippen LogP contribution in [0.2, 0.25) is 5.02 Å². The van der Waals surface area contributed by atoms with Crippen LogP contribution in [0.1, 0.15) is 63.9 Å². The Kier molecular flexibility index (Phi) is 5.87. The van der Waals surface area contributed by atoms with E-state index in [1.165, 1.54) is 18.4 Å². The first kappa shape index (κ1) is 21.1. The van der Waals surface area contributed by atoms with Gasteiger partial charge in [0.15, 0.2) is 0 Å². The number of fused-ring (bicyclic) bond motifs is 3. The fourth-order valence-electron chi connectivity index (χ4n) is 5.97. The van der Waals surface area contributed by atoms with Crippen LogP contribution in [-0.2, 0) is 11.3 Å². The average Bonchev–Trinajstić information content (AvgIpc) is 2.98. The number of halogens is 1. The van der Waals surface area contributed by atoms with Crippen molar-refractivity contribution in [2.45, 2.75) is 83.0 Å². The maximum absolute atomic E-state index is 11.5. The Bertz CT molecular complexity index is 955. The highest BCUT2D eigenvalue weighted by molar-refractivity contribution is 6.37. The summed E-state index contributed by atoms with van der Waals surface area (Å²) in [5.74, 6) is 0.787. The van der Waals surface area contributed by atoms with Crippen LogP contribution >= 0.6 is 11.6 Å². The Morgan fingerprint density at radius 1 is 1.06 bits per heavy atom. The van der Waals surface area contributed by atoms with Gasteiger partial charge in [-0.15, -0.1) is 0 Å². The summed E-state index contributed by atoms with van der Waals surface area (Å²) in [5.41, 5.74) is 1.24. The van der Waals surface area contributed by atoms with Gasteiger partial charge in [0.1, 0.15) is 5.75 Å². The van der Waals surface area contributed by atoms with Gasteiger partial charge in [0.2, 0.25) is 0 Å². The number of hydrogen-bond donors (Lipinski definition) is 1. The molecule has 5 heteroatoms.